The molecule has 3 aliphatic rings. The largest absolute Gasteiger partial charge is 0.481 e. The Morgan fingerprint density at radius 2 is 1.86 bits per heavy atom. The van der Waals surface area contributed by atoms with Crippen LogP contribution in [-0.2, 0) is 4.79 Å². The van der Waals surface area contributed by atoms with E-state index in [0.717, 1.165) is 31.1 Å². The van der Waals surface area contributed by atoms with Crippen LogP contribution < -0.4 is 0 Å². The second kappa shape index (κ2) is 5.11. The zero-order chi connectivity index (χ0) is 16.2. The lowest BCUT2D eigenvalue weighted by Gasteiger charge is -2.61. The molecule has 3 unspecified atom stereocenters. The van der Waals surface area contributed by atoms with E-state index in [2.05, 4.69) is 26.5 Å². The maximum atomic E-state index is 12.0. The Bertz CT molecular complexity index is 484. The Morgan fingerprint density at radius 3 is 2.50 bits per heavy atom. The zero-order valence-electron chi connectivity index (χ0n) is 14.5. The van der Waals surface area contributed by atoms with E-state index in [1.165, 1.54) is 32.1 Å². The summed E-state index contributed by atoms with van der Waals surface area (Å²) in [4.78, 5) is 12.0. The minimum atomic E-state index is -0.561. The van der Waals surface area contributed by atoms with Gasteiger partial charge < -0.3 is 5.11 Å². The molecule has 3 saturated carbocycles. The summed E-state index contributed by atoms with van der Waals surface area (Å²) in [6.07, 6.45) is 11.4. The monoisotopic (exact) mass is 304 g/mol. The molecule has 3 fully saturated rings. The molecule has 0 radical (unpaired) electrons. The van der Waals surface area contributed by atoms with Crippen LogP contribution in [0.25, 0.3) is 0 Å². The predicted octanol–water partition coefficient (Wildman–Crippen LogP) is 5.29. The molecule has 3 aliphatic carbocycles. The van der Waals surface area contributed by atoms with Crippen molar-refractivity contribution in [2.75, 3.05) is 0 Å². The first-order chi connectivity index (χ1) is 10.3. The van der Waals surface area contributed by atoms with Gasteiger partial charge in [-0.3, -0.25) is 4.79 Å². The summed E-state index contributed by atoms with van der Waals surface area (Å²) in [5.74, 6) is 1.29. The third kappa shape index (κ3) is 2.17. The van der Waals surface area contributed by atoms with Crippen molar-refractivity contribution in [1.82, 2.24) is 0 Å². The highest BCUT2D eigenvalue weighted by atomic mass is 16.4. The summed E-state index contributed by atoms with van der Waals surface area (Å²) in [7, 11) is 0. The van der Waals surface area contributed by atoms with Crippen molar-refractivity contribution in [3.8, 4) is 0 Å². The summed E-state index contributed by atoms with van der Waals surface area (Å²) >= 11 is 0. The van der Waals surface area contributed by atoms with Crippen molar-refractivity contribution < 1.29 is 9.90 Å². The smallest absolute Gasteiger partial charge is 0.309 e. The van der Waals surface area contributed by atoms with Crippen molar-refractivity contribution in [2.24, 2.45) is 34.0 Å². The minimum Gasteiger partial charge on any atom is -0.481 e. The van der Waals surface area contributed by atoms with E-state index in [-0.39, 0.29) is 5.41 Å². The molecule has 0 saturated heterocycles. The maximum absolute atomic E-state index is 12.0. The fraction of sp³-hybridized carbons (Fsp3) is 0.850. The molecule has 0 aromatic carbocycles. The molecule has 3 rings (SSSR count). The van der Waals surface area contributed by atoms with Gasteiger partial charge in [0, 0.05) is 0 Å². The standard InChI is InChI=1S/C20H32O2/c1-5-18(2)12-9-15-14(13-18)7-8-16-19(15,3)10-6-11-20(16,4)17(21)22/h5,14-16H,1,6-13H2,2-4H3,(H,21,22)/t14?,15?,16?,18-,19-,20-/m1/s1. The lowest BCUT2D eigenvalue weighted by molar-refractivity contribution is -0.173. The number of hydrogen-bond acceptors (Lipinski definition) is 1. The van der Waals surface area contributed by atoms with Gasteiger partial charge in [-0.15, -0.1) is 6.58 Å². The Kier molecular flexibility index (Phi) is 3.73. The Morgan fingerprint density at radius 1 is 1.14 bits per heavy atom. The summed E-state index contributed by atoms with van der Waals surface area (Å²) in [6, 6.07) is 0. The summed E-state index contributed by atoms with van der Waals surface area (Å²) in [5.41, 5.74) is 0.0308. The zero-order valence-corrected chi connectivity index (χ0v) is 14.5. The maximum Gasteiger partial charge on any atom is 0.309 e. The van der Waals surface area contributed by atoms with Gasteiger partial charge in [-0.1, -0.05) is 26.3 Å². The fourth-order valence-corrected chi connectivity index (χ4v) is 6.56. The van der Waals surface area contributed by atoms with Crippen LogP contribution in [-0.4, -0.2) is 11.1 Å². The molecule has 124 valence electrons. The van der Waals surface area contributed by atoms with E-state index >= 15 is 0 Å². The second-order valence-electron chi connectivity index (χ2n) is 9.18. The molecule has 22 heavy (non-hydrogen) atoms. The lowest BCUT2D eigenvalue weighted by atomic mass is 9.43. The van der Waals surface area contributed by atoms with E-state index in [1.807, 2.05) is 6.92 Å². The van der Waals surface area contributed by atoms with E-state index < -0.39 is 11.4 Å². The molecule has 0 spiro atoms. The quantitative estimate of drug-likeness (QED) is 0.704. The van der Waals surface area contributed by atoms with Crippen molar-refractivity contribution >= 4 is 5.97 Å². The third-order valence-electron chi connectivity index (χ3n) is 7.96. The Labute approximate surface area is 135 Å². The number of aliphatic carboxylic acids is 1. The first-order valence-corrected chi connectivity index (χ1v) is 9.12. The van der Waals surface area contributed by atoms with E-state index in [1.54, 1.807) is 0 Å². The molecule has 6 atom stereocenters. The normalized spacial score (nSPS) is 51.5. The fourth-order valence-electron chi connectivity index (χ4n) is 6.56. The number of carboxylic acids is 1. The first-order valence-electron chi connectivity index (χ1n) is 9.12. The van der Waals surface area contributed by atoms with Gasteiger partial charge in [0.2, 0.25) is 0 Å². The van der Waals surface area contributed by atoms with Gasteiger partial charge in [0.15, 0.2) is 0 Å². The minimum absolute atomic E-state index is 0.233. The van der Waals surface area contributed by atoms with Gasteiger partial charge >= 0.3 is 5.97 Å². The summed E-state index contributed by atoms with van der Waals surface area (Å²) in [5, 5.41) is 9.85. The van der Waals surface area contributed by atoms with E-state index in [0.29, 0.717) is 11.3 Å². The number of hydrogen-bond donors (Lipinski definition) is 1. The molecule has 0 amide bonds. The van der Waals surface area contributed by atoms with Gasteiger partial charge in [0.25, 0.3) is 0 Å². The van der Waals surface area contributed by atoms with Crippen molar-refractivity contribution in [2.45, 2.75) is 72.1 Å². The molecule has 0 bridgehead atoms. The average molecular weight is 304 g/mol. The Balaban J connectivity index is 1.90. The summed E-state index contributed by atoms with van der Waals surface area (Å²) < 4.78 is 0. The van der Waals surface area contributed by atoms with Gasteiger partial charge in [0.1, 0.15) is 0 Å². The molecule has 0 aromatic heterocycles. The van der Waals surface area contributed by atoms with Crippen molar-refractivity contribution in [3.63, 3.8) is 0 Å². The van der Waals surface area contributed by atoms with Crippen LogP contribution >= 0.6 is 0 Å². The van der Waals surface area contributed by atoms with Gasteiger partial charge in [-0.2, -0.15) is 0 Å². The van der Waals surface area contributed by atoms with E-state index in [4.69, 9.17) is 0 Å². The van der Waals surface area contributed by atoms with Gasteiger partial charge in [0.05, 0.1) is 5.41 Å². The van der Waals surface area contributed by atoms with Crippen molar-refractivity contribution in [3.05, 3.63) is 12.7 Å². The van der Waals surface area contributed by atoms with Crippen LogP contribution in [0.4, 0.5) is 0 Å². The van der Waals surface area contributed by atoms with Crippen LogP contribution in [0.2, 0.25) is 0 Å². The molecule has 0 aliphatic heterocycles. The average Bonchev–Trinajstić information content (AvgIpc) is 2.46. The molecule has 1 N–H and O–H groups in total. The highest BCUT2D eigenvalue weighted by molar-refractivity contribution is 5.75. The van der Waals surface area contributed by atoms with Crippen molar-refractivity contribution in [1.29, 1.82) is 0 Å². The molecule has 2 heteroatoms. The highest BCUT2D eigenvalue weighted by Crippen LogP contribution is 2.65. The number of rotatable bonds is 2. The lowest BCUT2D eigenvalue weighted by Crippen LogP contribution is -2.56. The van der Waals surface area contributed by atoms with Crippen LogP contribution in [0, 0.1) is 34.0 Å². The molecule has 0 heterocycles. The van der Waals surface area contributed by atoms with Crippen LogP contribution in [0.3, 0.4) is 0 Å². The number of fused-ring (bicyclic) bond motifs is 3. The van der Waals surface area contributed by atoms with Crippen LogP contribution in [0.5, 0.6) is 0 Å². The van der Waals surface area contributed by atoms with Crippen LogP contribution in [0.1, 0.15) is 72.1 Å². The second-order valence-corrected chi connectivity index (χ2v) is 9.18. The van der Waals surface area contributed by atoms with Crippen LogP contribution in [0.15, 0.2) is 12.7 Å². The number of carboxylic acid groups (broad SMARTS) is 1. The number of carbonyl (C=O) groups is 1. The Hall–Kier alpha value is -0.790. The highest BCUT2D eigenvalue weighted by Gasteiger charge is 2.59. The van der Waals surface area contributed by atoms with E-state index in [9.17, 15) is 9.90 Å². The molecule has 2 nitrogen and oxygen atoms in total. The van der Waals surface area contributed by atoms with Gasteiger partial charge in [-0.05, 0) is 80.5 Å². The molecule has 0 aromatic rings. The third-order valence-corrected chi connectivity index (χ3v) is 7.96. The SMILES string of the molecule is C=C[C@]1(C)CCC2C(CCC3[C@]2(C)CCC[C@@]3(C)C(=O)O)C1. The first kappa shape index (κ1) is 16.1. The summed E-state index contributed by atoms with van der Waals surface area (Å²) in [6.45, 7) is 10.9. The molecular formula is C20H32O2. The van der Waals surface area contributed by atoms with Gasteiger partial charge in [-0.25, -0.2) is 0 Å². The predicted molar refractivity (Wildman–Crippen MR) is 89.6 cm³/mol. The number of allylic oxidation sites excluding steroid dienone is 1. The topological polar surface area (TPSA) is 37.3 Å². The molecular weight excluding hydrogens is 272 g/mol.